The van der Waals surface area contributed by atoms with E-state index in [1.165, 1.54) is 18.9 Å². The minimum absolute atomic E-state index is 0.0377. The summed E-state index contributed by atoms with van der Waals surface area (Å²) in [6.07, 6.45) is 1.77. The molecule has 0 unspecified atom stereocenters. The van der Waals surface area contributed by atoms with E-state index in [4.69, 9.17) is 4.74 Å². The van der Waals surface area contributed by atoms with Crippen molar-refractivity contribution >= 4 is 45.4 Å². The van der Waals surface area contributed by atoms with Gasteiger partial charge in [0.2, 0.25) is 0 Å². The average molecular weight is 378 g/mol. The summed E-state index contributed by atoms with van der Waals surface area (Å²) in [5.41, 5.74) is 1.58. The lowest BCUT2D eigenvalue weighted by atomic mass is 10.2. The second-order valence-electron chi connectivity index (χ2n) is 4.61. The molecular weight excluding hydrogens is 366 g/mol. The summed E-state index contributed by atoms with van der Waals surface area (Å²) < 4.78 is 5.64. The maximum atomic E-state index is 12.2. The van der Waals surface area contributed by atoms with Gasteiger partial charge >= 0.3 is 0 Å². The predicted octanol–water partition coefficient (Wildman–Crippen LogP) is 4.25. The van der Waals surface area contributed by atoms with Gasteiger partial charge in [-0.05, 0) is 51.8 Å². The van der Waals surface area contributed by atoms with Gasteiger partial charge in [-0.1, -0.05) is 23.9 Å². The molecule has 2 aromatic carbocycles. The molecule has 1 aliphatic rings. The van der Waals surface area contributed by atoms with E-state index in [0.29, 0.717) is 15.1 Å². The summed E-state index contributed by atoms with van der Waals surface area (Å²) >= 11 is 4.69. The minimum atomic E-state index is -0.146. The Kier molecular flexibility index (Phi) is 4.13. The van der Waals surface area contributed by atoms with Gasteiger partial charge in [0, 0.05) is 4.90 Å². The highest BCUT2D eigenvalue weighted by Crippen LogP contribution is 2.40. The number of hydrogen-bond donors (Lipinski definition) is 2. The maximum Gasteiger partial charge on any atom is 0.262 e. The first-order chi connectivity index (χ1) is 10.6. The van der Waals surface area contributed by atoms with Gasteiger partial charge in [-0.15, -0.1) is 0 Å². The third kappa shape index (κ3) is 2.84. The van der Waals surface area contributed by atoms with Crippen LogP contribution in [0.1, 0.15) is 5.56 Å². The van der Waals surface area contributed by atoms with E-state index in [1.807, 2.05) is 24.3 Å². The fourth-order valence-corrected chi connectivity index (χ4v) is 3.50. The number of fused-ring (bicyclic) bond motifs is 1. The van der Waals surface area contributed by atoms with Gasteiger partial charge in [0.15, 0.2) is 11.5 Å². The number of rotatable bonds is 2. The zero-order chi connectivity index (χ0) is 15.7. The van der Waals surface area contributed by atoms with Crippen molar-refractivity contribution in [2.24, 2.45) is 0 Å². The van der Waals surface area contributed by atoms with Crippen molar-refractivity contribution in [3.8, 4) is 11.5 Å². The average Bonchev–Trinajstić information content (AvgIpc) is 2.51. The van der Waals surface area contributed by atoms with Crippen LogP contribution in [0.4, 0.5) is 5.69 Å². The third-order valence-corrected chi connectivity index (χ3v) is 4.85. The lowest BCUT2D eigenvalue weighted by Crippen LogP contribution is -2.17. The van der Waals surface area contributed by atoms with Crippen molar-refractivity contribution in [3.63, 3.8) is 0 Å². The van der Waals surface area contributed by atoms with E-state index in [2.05, 4.69) is 21.2 Å². The molecule has 0 radical (unpaired) electrons. The number of phenolic OH excluding ortho intramolecular Hbond substituents is 1. The van der Waals surface area contributed by atoms with Crippen LogP contribution in [0.2, 0.25) is 0 Å². The number of anilines is 1. The van der Waals surface area contributed by atoms with Gasteiger partial charge in [0.1, 0.15) is 0 Å². The smallest absolute Gasteiger partial charge is 0.262 e. The van der Waals surface area contributed by atoms with Crippen molar-refractivity contribution in [1.82, 2.24) is 0 Å². The maximum absolute atomic E-state index is 12.2. The molecule has 2 N–H and O–H groups in total. The zero-order valence-electron chi connectivity index (χ0n) is 11.6. The first kappa shape index (κ1) is 15.0. The number of carbonyl (C=O) groups is 1. The molecule has 6 heteroatoms. The zero-order valence-corrected chi connectivity index (χ0v) is 14.0. The quantitative estimate of drug-likeness (QED) is 0.768. The van der Waals surface area contributed by atoms with Gasteiger partial charge in [0.05, 0.1) is 22.2 Å². The van der Waals surface area contributed by atoms with Crippen LogP contribution >= 0.6 is 27.7 Å². The van der Waals surface area contributed by atoms with Crippen LogP contribution < -0.4 is 10.1 Å². The van der Waals surface area contributed by atoms with Crippen molar-refractivity contribution in [1.29, 1.82) is 0 Å². The molecule has 0 bridgehead atoms. The van der Waals surface area contributed by atoms with E-state index < -0.39 is 0 Å². The third-order valence-electron chi connectivity index (χ3n) is 3.15. The molecule has 0 atom stereocenters. The number of hydrogen-bond acceptors (Lipinski definition) is 4. The molecule has 0 spiro atoms. The Labute approximate surface area is 140 Å². The highest BCUT2D eigenvalue weighted by molar-refractivity contribution is 9.10. The number of thioether (sulfide) groups is 1. The number of para-hydroxylation sites is 1. The van der Waals surface area contributed by atoms with Crippen LogP contribution in [0, 0.1) is 0 Å². The van der Waals surface area contributed by atoms with E-state index >= 15 is 0 Å². The Morgan fingerprint density at radius 3 is 2.86 bits per heavy atom. The molecule has 3 rings (SSSR count). The summed E-state index contributed by atoms with van der Waals surface area (Å²) in [5.74, 6) is 0.241. The molecule has 22 heavy (non-hydrogen) atoms. The normalized spacial score (nSPS) is 15.4. The van der Waals surface area contributed by atoms with Crippen molar-refractivity contribution in [3.05, 3.63) is 51.3 Å². The molecule has 1 amide bonds. The van der Waals surface area contributed by atoms with Crippen LogP contribution in [0.5, 0.6) is 11.5 Å². The molecule has 0 aromatic heterocycles. The number of methoxy groups -OCH3 is 1. The van der Waals surface area contributed by atoms with Crippen molar-refractivity contribution in [2.45, 2.75) is 4.90 Å². The van der Waals surface area contributed by atoms with E-state index in [-0.39, 0.29) is 11.7 Å². The fraction of sp³-hybridized carbons (Fsp3) is 0.0625. The monoisotopic (exact) mass is 377 g/mol. The van der Waals surface area contributed by atoms with Gasteiger partial charge < -0.3 is 15.2 Å². The number of carbonyl (C=O) groups excluding carboxylic acids is 1. The summed E-state index contributed by atoms with van der Waals surface area (Å²) in [6, 6.07) is 11.1. The molecule has 4 nitrogen and oxygen atoms in total. The Morgan fingerprint density at radius 2 is 2.09 bits per heavy atom. The van der Waals surface area contributed by atoms with Crippen molar-refractivity contribution in [2.75, 3.05) is 12.4 Å². The first-order valence-electron chi connectivity index (χ1n) is 6.45. The second kappa shape index (κ2) is 6.06. The number of benzene rings is 2. The van der Waals surface area contributed by atoms with Gasteiger partial charge in [-0.25, -0.2) is 0 Å². The van der Waals surface area contributed by atoms with Crippen LogP contribution in [0.3, 0.4) is 0 Å². The first-order valence-corrected chi connectivity index (χ1v) is 8.06. The van der Waals surface area contributed by atoms with Crippen LogP contribution in [0.25, 0.3) is 6.08 Å². The molecule has 0 fully saturated rings. The van der Waals surface area contributed by atoms with Crippen LogP contribution in [-0.2, 0) is 4.79 Å². The summed E-state index contributed by atoms with van der Waals surface area (Å²) in [6.45, 7) is 0. The molecule has 0 aliphatic carbocycles. The second-order valence-corrected chi connectivity index (χ2v) is 6.55. The van der Waals surface area contributed by atoms with E-state index in [0.717, 1.165) is 16.1 Å². The predicted molar refractivity (Wildman–Crippen MR) is 91.3 cm³/mol. The molecule has 1 heterocycles. The van der Waals surface area contributed by atoms with Gasteiger partial charge in [-0.2, -0.15) is 0 Å². The number of amides is 1. The lowest BCUT2D eigenvalue weighted by molar-refractivity contribution is -0.112. The number of ether oxygens (including phenoxy) is 1. The molecule has 0 saturated carbocycles. The Bertz CT molecular complexity index is 789. The number of phenols is 1. The van der Waals surface area contributed by atoms with E-state index in [1.54, 1.807) is 18.2 Å². The topological polar surface area (TPSA) is 58.6 Å². The Hall–Kier alpha value is -1.92. The van der Waals surface area contributed by atoms with Crippen LogP contribution in [0.15, 0.2) is 50.7 Å². The standard InChI is InChI=1S/C16H12BrNO3S/c1-21-12-7-9(6-10(17)15(12)19)8-14-16(20)18-11-4-2-3-5-13(11)22-14/h2-8,19H,1H3,(H,18,20)/b14-8-. The molecule has 112 valence electrons. The Morgan fingerprint density at radius 1 is 1.32 bits per heavy atom. The summed E-state index contributed by atoms with van der Waals surface area (Å²) in [5, 5.41) is 12.7. The molecular formula is C16H12BrNO3S. The number of nitrogens with one attached hydrogen (secondary N) is 1. The fourth-order valence-electron chi connectivity index (χ4n) is 2.09. The van der Waals surface area contributed by atoms with Gasteiger partial charge in [-0.3, -0.25) is 4.79 Å². The van der Waals surface area contributed by atoms with Gasteiger partial charge in [0.25, 0.3) is 5.91 Å². The van der Waals surface area contributed by atoms with Crippen LogP contribution in [-0.4, -0.2) is 18.1 Å². The largest absolute Gasteiger partial charge is 0.503 e. The van der Waals surface area contributed by atoms with Crippen molar-refractivity contribution < 1.29 is 14.6 Å². The minimum Gasteiger partial charge on any atom is -0.503 e. The lowest BCUT2D eigenvalue weighted by Gasteiger charge is -2.18. The molecule has 1 aliphatic heterocycles. The molecule has 2 aromatic rings. The summed E-state index contributed by atoms with van der Waals surface area (Å²) in [7, 11) is 1.48. The summed E-state index contributed by atoms with van der Waals surface area (Å²) in [4.78, 5) is 13.8. The Balaban J connectivity index is 1.99. The number of aromatic hydroxyl groups is 1. The highest BCUT2D eigenvalue weighted by Gasteiger charge is 2.20. The van der Waals surface area contributed by atoms with E-state index in [9.17, 15) is 9.90 Å². The number of halogens is 1. The highest BCUT2D eigenvalue weighted by atomic mass is 79.9. The SMILES string of the molecule is COc1cc(/C=C2\Sc3ccccc3NC2=O)cc(Br)c1O. The molecule has 0 saturated heterocycles.